The molecule has 0 unspecified atom stereocenters. The molecule has 2 aromatic heterocycles. The lowest BCUT2D eigenvalue weighted by molar-refractivity contribution is -0.120. The highest BCUT2D eigenvalue weighted by Crippen LogP contribution is 2.23. The van der Waals surface area contributed by atoms with E-state index in [0.717, 1.165) is 46.9 Å². The predicted molar refractivity (Wildman–Crippen MR) is 148 cm³/mol. The Morgan fingerprint density at radius 3 is 2.37 bits per heavy atom. The van der Waals surface area contributed by atoms with E-state index >= 15 is 0 Å². The minimum atomic E-state index is -0.195. The van der Waals surface area contributed by atoms with Crippen LogP contribution >= 0.6 is 0 Å². The zero-order valence-electron chi connectivity index (χ0n) is 22.0. The molecule has 0 atom stereocenters. The number of nitrogens with zero attached hydrogens (tertiary/aromatic N) is 4. The van der Waals surface area contributed by atoms with Crippen LogP contribution in [0.5, 0.6) is 0 Å². The lowest BCUT2D eigenvalue weighted by Crippen LogP contribution is -2.36. The number of ether oxygens (including phenoxy) is 1. The van der Waals surface area contributed by atoms with Crippen LogP contribution < -0.4 is 10.2 Å². The summed E-state index contributed by atoms with van der Waals surface area (Å²) in [4.78, 5) is 39.6. The molecule has 1 aliphatic heterocycles. The summed E-state index contributed by atoms with van der Waals surface area (Å²) < 4.78 is 5.50. The number of amides is 1. The normalized spacial score (nSPS) is 12.8. The van der Waals surface area contributed by atoms with Crippen molar-refractivity contribution in [2.24, 2.45) is 0 Å². The Hall–Kier alpha value is -4.35. The average Bonchev–Trinajstić information content (AvgIpc) is 2.92. The van der Waals surface area contributed by atoms with Gasteiger partial charge in [0.05, 0.1) is 18.9 Å². The van der Waals surface area contributed by atoms with Crippen LogP contribution in [0.4, 0.5) is 11.5 Å². The molecule has 1 N–H and O–H groups in total. The third-order valence-corrected chi connectivity index (χ3v) is 5.79. The van der Waals surface area contributed by atoms with E-state index in [1.165, 1.54) is 0 Å². The molecule has 1 fully saturated rings. The first kappa shape index (κ1) is 26.7. The largest absolute Gasteiger partial charge is 0.378 e. The van der Waals surface area contributed by atoms with Crippen molar-refractivity contribution >= 4 is 23.2 Å². The summed E-state index contributed by atoms with van der Waals surface area (Å²) in [7, 11) is 0. The van der Waals surface area contributed by atoms with Gasteiger partial charge in [-0.2, -0.15) is 0 Å². The van der Waals surface area contributed by atoms with E-state index in [-0.39, 0.29) is 24.5 Å². The van der Waals surface area contributed by atoms with Crippen LogP contribution in [0.3, 0.4) is 0 Å². The smallest absolute Gasteiger partial charge is 0.224 e. The summed E-state index contributed by atoms with van der Waals surface area (Å²) in [5, 5.41) is 2.83. The molecule has 1 aromatic carbocycles. The molecule has 3 heterocycles. The lowest BCUT2D eigenvalue weighted by Gasteiger charge is -2.28. The van der Waals surface area contributed by atoms with Gasteiger partial charge in [-0.3, -0.25) is 9.59 Å². The van der Waals surface area contributed by atoms with Crippen molar-refractivity contribution in [2.75, 3.05) is 36.5 Å². The summed E-state index contributed by atoms with van der Waals surface area (Å²) in [6, 6.07) is 11.3. The van der Waals surface area contributed by atoms with Crippen molar-refractivity contribution < 1.29 is 14.3 Å². The third kappa shape index (κ3) is 7.82. The molecular formula is C30H31N5O3. The van der Waals surface area contributed by atoms with Gasteiger partial charge >= 0.3 is 0 Å². The molecule has 0 spiro atoms. The van der Waals surface area contributed by atoms with Gasteiger partial charge in [-0.05, 0) is 63.2 Å². The van der Waals surface area contributed by atoms with Gasteiger partial charge in [-0.1, -0.05) is 17.4 Å². The Morgan fingerprint density at radius 1 is 1.00 bits per heavy atom. The molecule has 8 heteroatoms. The number of anilines is 2. The van der Waals surface area contributed by atoms with Gasteiger partial charge in [0.15, 0.2) is 5.78 Å². The maximum absolute atomic E-state index is 12.2. The highest BCUT2D eigenvalue weighted by molar-refractivity contribution is 5.96. The number of ketones is 1. The highest BCUT2D eigenvalue weighted by atomic mass is 16.5. The first-order chi connectivity index (χ1) is 18.4. The first-order valence-electron chi connectivity index (χ1n) is 12.6. The summed E-state index contributed by atoms with van der Waals surface area (Å²) in [5.74, 6) is 7.76. The average molecular weight is 510 g/mol. The van der Waals surface area contributed by atoms with Crippen molar-refractivity contribution in [1.29, 1.82) is 0 Å². The van der Waals surface area contributed by atoms with Gasteiger partial charge in [0.25, 0.3) is 0 Å². The number of morpholine rings is 1. The predicted octanol–water partition coefficient (Wildman–Crippen LogP) is 4.34. The molecule has 0 bridgehead atoms. The summed E-state index contributed by atoms with van der Waals surface area (Å²) in [5.41, 5.74) is 4.82. The van der Waals surface area contributed by atoms with E-state index in [1.54, 1.807) is 30.6 Å². The van der Waals surface area contributed by atoms with E-state index in [1.807, 2.05) is 45.0 Å². The van der Waals surface area contributed by atoms with Crippen molar-refractivity contribution in [3.05, 3.63) is 77.4 Å². The number of carbonyl (C=O) groups excluding carboxylic acids is 2. The van der Waals surface area contributed by atoms with Gasteiger partial charge in [0.1, 0.15) is 11.6 Å². The molecule has 4 rings (SSSR count). The number of nitrogens with one attached hydrogen (secondary N) is 1. The fourth-order valence-corrected chi connectivity index (χ4v) is 3.85. The molecule has 8 nitrogen and oxygen atoms in total. The third-order valence-electron chi connectivity index (χ3n) is 5.79. The van der Waals surface area contributed by atoms with Gasteiger partial charge in [-0.15, -0.1) is 0 Å². The summed E-state index contributed by atoms with van der Waals surface area (Å²) in [6.07, 6.45) is 5.44. The van der Waals surface area contributed by atoms with Gasteiger partial charge in [0.2, 0.25) is 5.91 Å². The van der Waals surface area contributed by atoms with Crippen LogP contribution in [-0.2, 0) is 14.3 Å². The monoisotopic (exact) mass is 509 g/mol. The van der Waals surface area contributed by atoms with E-state index < -0.39 is 0 Å². The Labute approximate surface area is 223 Å². The summed E-state index contributed by atoms with van der Waals surface area (Å²) >= 11 is 0. The number of benzene rings is 1. The zero-order valence-corrected chi connectivity index (χ0v) is 22.0. The van der Waals surface area contributed by atoms with Crippen LogP contribution in [-0.4, -0.2) is 52.9 Å². The second-order valence-corrected chi connectivity index (χ2v) is 9.28. The van der Waals surface area contributed by atoms with Crippen molar-refractivity contribution in [3.63, 3.8) is 0 Å². The number of rotatable bonds is 7. The fourth-order valence-electron chi connectivity index (χ4n) is 3.85. The molecule has 0 radical (unpaired) electrons. The molecule has 3 aromatic rings. The maximum atomic E-state index is 12.2. The van der Waals surface area contributed by atoms with Crippen LogP contribution in [0, 0.1) is 18.8 Å². The fraction of sp³-hybridized carbons (Fsp3) is 0.300. The maximum Gasteiger partial charge on any atom is 0.224 e. The Kier molecular flexibility index (Phi) is 8.96. The molecule has 1 saturated heterocycles. The molecule has 1 aliphatic rings. The molecule has 1 amide bonds. The van der Waals surface area contributed by atoms with E-state index in [2.05, 4.69) is 32.0 Å². The number of aromatic nitrogens is 3. The van der Waals surface area contributed by atoms with Crippen LogP contribution in [0.15, 0.2) is 60.4 Å². The number of carbonyl (C=O) groups is 2. The Bertz CT molecular complexity index is 1380. The Morgan fingerprint density at radius 2 is 1.68 bits per heavy atom. The topological polar surface area (TPSA) is 97.3 Å². The number of aryl methyl sites for hydroxylation is 1. The van der Waals surface area contributed by atoms with E-state index in [9.17, 15) is 9.59 Å². The quantitative estimate of drug-likeness (QED) is 0.374. The molecule has 38 heavy (non-hydrogen) atoms. The Balaban J connectivity index is 1.48. The second-order valence-electron chi connectivity index (χ2n) is 9.28. The molecule has 0 saturated carbocycles. The van der Waals surface area contributed by atoms with Crippen molar-refractivity contribution in [1.82, 2.24) is 15.0 Å². The van der Waals surface area contributed by atoms with Crippen LogP contribution in [0.25, 0.3) is 11.3 Å². The number of allylic oxidation sites excluding steroid dienone is 2. The minimum Gasteiger partial charge on any atom is -0.378 e. The second kappa shape index (κ2) is 12.7. The lowest BCUT2D eigenvalue weighted by atomic mass is 10.1. The van der Waals surface area contributed by atoms with Crippen LogP contribution in [0.2, 0.25) is 0 Å². The van der Waals surface area contributed by atoms with Gasteiger partial charge in [0, 0.05) is 60.7 Å². The molecule has 0 aliphatic carbocycles. The minimum absolute atomic E-state index is 0.0447. The van der Waals surface area contributed by atoms with Crippen molar-refractivity contribution in [3.8, 4) is 23.1 Å². The first-order valence-corrected chi connectivity index (χ1v) is 12.6. The van der Waals surface area contributed by atoms with E-state index in [4.69, 9.17) is 9.72 Å². The number of hydrogen-bond acceptors (Lipinski definition) is 7. The number of hydrogen-bond donors (Lipinski definition) is 1. The van der Waals surface area contributed by atoms with E-state index in [0.29, 0.717) is 24.7 Å². The SMILES string of the molecule is CC(C)=CC(=O)CCC(=O)Nc1ccc(C#Cc2cc(-c3cnc(C)nc3)nc(N3CCOCC3)c2)cc1. The van der Waals surface area contributed by atoms with Crippen molar-refractivity contribution in [2.45, 2.75) is 33.6 Å². The molecular weight excluding hydrogens is 478 g/mol. The highest BCUT2D eigenvalue weighted by Gasteiger charge is 2.15. The number of pyridine rings is 1. The zero-order chi connectivity index (χ0) is 26.9. The molecule has 194 valence electrons. The van der Waals surface area contributed by atoms with Gasteiger partial charge in [-0.25, -0.2) is 15.0 Å². The van der Waals surface area contributed by atoms with Gasteiger partial charge < -0.3 is 15.0 Å². The van der Waals surface area contributed by atoms with Crippen LogP contribution in [0.1, 0.15) is 43.6 Å². The standard InChI is InChI=1S/C30H31N5O3/c1-21(2)16-27(36)10-11-30(37)33-26-8-6-23(7-9-26)4-5-24-17-28(25-19-31-22(3)32-20-25)34-29(18-24)35-12-14-38-15-13-35/h6-9,16-20H,10-15H2,1-3H3,(H,33,37). The summed E-state index contributed by atoms with van der Waals surface area (Å²) in [6.45, 7) is 8.43.